The summed E-state index contributed by atoms with van der Waals surface area (Å²) in [5.41, 5.74) is 0.936. The highest BCUT2D eigenvalue weighted by Crippen LogP contribution is 2.23. The highest BCUT2D eigenvalue weighted by molar-refractivity contribution is 6.30. The molecule has 1 unspecified atom stereocenters. The predicted molar refractivity (Wildman–Crippen MR) is 80.3 cm³/mol. The lowest BCUT2D eigenvalue weighted by Gasteiger charge is -2.35. The Bertz CT molecular complexity index is 493. The van der Waals surface area contributed by atoms with Crippen LogP contribution in [-0.4, -0.2) is 42.6 Å². The van der Waals surface area contributed by atoms with Crippen LogP contribution in [0.4, 0.5) is 0 Å². The van der Waals surface area contributed by atoms with Gasteiger partial charge in [-0.1, -0.05) is 11.6 Å². The fraction of sp³-hybridized carbons (Fsp3) is 0.533. The van der Waals surface area contributed by atoms with E-state index < -0.39 is 6.10 Å². The number of halogens is 1. The Kier molecular flexibility index (Phi) is 4.89. The van der Waals surface area contributed by atoms with Gasteiger partial charge in [0.2, 0.25) is 0 Å². The van der Waals surface area contributed by atoms with Crippen LogP contribution >= 0.6 is 11.6 Å². The van der Waals surface area contributed by atoms with Gasteiger partial charge >= 0.3 is 0 Å². The summed E-state index contributed by atoms with van der Waals surface area (Å²) in [6, 6.07) is 5.62. The molecule has 0 radical (unpaired) electrons. The molecule has 0 saturated carbocycles. The van der Waals surface area contributed by atoms with E-state index in [0.717, 1.165) is 25.2 Å². The first-order valence-corrected chi connectivity index (χ1v) is 7.31. The van der Waals surface area contributed by atoms with E-state index in [4.69, 9.17) is 16.3 Å². The first-order chi connectivity index (χ1) is 9.49. The van der Waals surface area contributed by atoms with Crippen molar-refractivity contribution in [1.29, 1.82) is 0 Å². The maximum atomic E-state index is 12.4. The van der Waals surface area contributed by atoms with Crippen LogP contribution in [-0.2, 0) is 4.79 Å². The van der Waals surface area contributed by atoms with Crippen LogP contribution in [0.1, 0.15) is 19.4 Å². The zero-order chi connectivity index (χ0) is 14.7. The number of benzene rings is 1. The lowest BCUT2D eigenvalue weighted by molar-refractivity contribution is -0.140. The van der Waals surface area contributed by atoms with Gasteiger partial charge in [-0.3, -0.25) is 4.79 Å². The molecule has 4 nitrogen and oxygen atoms in total. The Morgan fingerprint density at radius 2 is 2.30 bits per heavy atom. The molecule has 5 heteroatoms. The number of nitrogens with zero attached hydrogens (tertiary/aromatic N) is 1. The molecule has 2 rings (SSSR count). The molecule has 1 amide bonds. The maximum Gasteiger partial charge on any atom is 0.263 e. The SMILES string of the molecule is Cc1cc(Cl)ccc1OC(C)C(=O)N1CCNC[C@@H]1C. The summed E-state index contributed by atoms with van der Waals surface area (Å²) in [7, 11) is 0. The van der Waals surface area contributed by atoms with Crippen molar-refractivity contribution >= 4 is 17.5 Å². The van der Waals surface area contributed by atoms with Crippen LogP contribution in [0.5, 0.6) is 5.75 Å². The number of piperazine rings is 1. The van der Waals surface area contributed by atoms with Crippen LogP contribution in [0.25, 0.3) is 0 Å². The third kappa shape index (κ3) is 3.44. The summed E-state index contributed by atoms with van der Waals surface area (Å²) in [5.74, 6) is 0.742. The normalized spacial score (nSPS) is 20.6. The molecule has 1 aromatic carbocycles. The lowest BCUT2D eigenvalue weighted by Crippen LogP contribution is -2.55. The van der Waals surface area contributed by atoms with Crippen molar-refractivity contribution < 1.29 is 9.53 Å². The molecule has 1 saturated heterocycles. The molecule has 2 atom stereocenters. The predicted octanol–water partition coefficient (Wildman–Crippen LogP) is 2.24. The number of hydrogen-bond acceptors (Lipinski definition) is 3. The van der Waals surface area contributed by atoms with Crippen molar-refractivity contribution in [2.45, 2.75) is 32.9 Å². The molecule has 110 valence electrons. The van der Waals surface area contributed by atoms with Crippen molar-refractivity contribution in [3.8, 4) is 5.75 Å². The fourth-order valence-corrected chi connectivity index (χ4v) is 2.61. The fourth-order valence-electron chi connectivity index (χ4n) is 2.39. The van der Waals surface area contributed by atoms with Crippen molar-refractivity contribution in [2.75, 3.05) is 19.6 Å². The summed E-state index contributed by atoms with van der Waals surface area (Å²) in [6.07, 6.45) is -0.490. The third-order valence-corrected chi connectivity index (χ3v) is 3.81. The summed E-state index contributed by atoms with van der Waals surface area (Å²) in [6.45, 7) is 8.16. The molecule has 1 heterocycles. The molecular formula is C15H21ClN2O2. The van der Waals surface area contributed by atoms with E-state index in [1.165, 1.54) is 0 Å². The van der Waals surface area contributed by atoms with Gasteiger partial charge < -0.3 is 15.0 Å². The van der Waals surface area contributed by atoms with E-state index in [1.54, 1.807) is 13.0 Å². The third-order valence-electron chi connectivity index (χ3n) is 3.57. The number of hydrogen-bond donors (Lipinski definition) is 1. The second-order valence-corrected chi connectivity index (χ2v) is 5.69. The number of amides is 1. The van der Waals surface area contributed by atoms with Gasteiger partial charge in [0.25, 0.3) is 5.91 Å². The van der Waals surface area contributed by atoms with E-state index in [-0.39, 0.29) is 11.9 Å². The second-order valence-electron chi connectivity index (χ2n) is 5.25. The van der Waals surface area contributed by atoms with E-state index in [1.807, 2.05) is 30.9 Å². The summed E-state index contributed by atoms with van der Waals surface area (Å²) in [4.78, 5) is 14.3. The van der Waals surface area contributed by atoms with Crippen LogP contribution < -0.4 is 10.1 Å². The summed E-state index contributed by atoms with van der Waals surface area (Å²) >= 11 is 5.92. The number of carbonyl (C=O) groups excluding carboxylic acids is 1. The molecule has 20 heavy (non-hydrogen) atoms. The molecule has 0 bridgehead atoms. The van der Waals surface area contributed by atoms with Crippen molar-refractivity contribution in [3.63, 3.8) is 0 Å². The summed E-state index contributed by atoms with van der Waals surface area (Å²) < 4.78 is 5.79. The van der Waals surface area contributed by atoms with Crippen molar-refractivity contribution in [2.24, 2.45) is 0 Å². The van der Waals surface area contributed by atoms with Crippen LogP contribution in [0.3, 0.4) is 0 Å². The van der Waals surface area contributed by atoms with Gasteiger partial charge in [0.1, 0.15) is 5.75 Å². The molecule has 0 spiro atoms. The molecular weight excluding hydrogens is 276 g/mol. The van der Waals surface area contributed by atoms with Gasteiger partial charge in [0.15, 0.2) is 6.10 Å². The monoisotopic (exact) mass is 296 g/mol. The molecule has 1 fully saturated rings. The number of carbonyl (C=O) groups is 1. The molecule has 1 aliphatic heterocycles. The topological polar surface area (TPSA) is 41.6 Å². The van der Waals surface area contributed by atoms with Crippen LogP contribution in [0.2, 0.25) is 5.02 Å². The average Bonchev–Trinajstić information content (AvgIpc) is 2.41. The lowest BCUT2D eigenvalue weighted by atomic mass is 10.2. The van der Waals surface area contributed by atoms with Gasteiger partial charge in [-0.25, -0.2) is 0 Å². The Labute approximate surface area is 125 Å². The summed E-state index contributed by atoms with van der Waals surface area (Å²) in [5, 5.41) is 3.94. The first kappa shape index (κ1) is 15.1. The van der Waals surface area contributed by atoms with Crippen molar-refractivity contribution in [1.82, 2.24) is 10.2 Å². The molecule has 1 aliphatic rings. The number of ether oxygens (including phenoxy) is 1. The van der Waals surface area contributed by atoms with Gasteiger partial charge in [-0.2, -0.15) is 0 Å². The Morgan fingerprint density at radius 3 is 2.95 bits per heavy atom. The first-order valence-electron chi connectivity index (χ1n) is 6.93. The standard InChI is InChI=1S/C15H21ClN2O2/c1-10-8-13(16)4-5-14(10)20-12(3)15(19)18-7-6-17-9-11(18)2/h4-5,8,11-12,17H,6-7,9H2,1-3H3/t11-,12?/m0/s1. The van der Waals surface area contributed by atoms with Crippen LogP contribution in [0.15, 0.2) is 18.2 Å². The smallest absolute Gasteiger partial charge is 0.263 e. The van der Waals surface area contributed by atoms with E-state index in [2.05, 4.69) is 5.32 Å². The highest BCUT2D eigenvalue weighted by atomic mass is 35.5. The minimum Gasteiger partial charge on any atom is -0.481 e. The van der Waals surface area contributed by atoms with E-state index in [9.17, 15) is 4.79 Å². The van der Waals surface area contributed by atoms with Crippen LogP contribution in [0, 0.1) is 6.92 Å². The zero-order valence-corrected chi connectivity index (χ0v) is 12.9. The van der Waals surface area contributed by atoms with E-state index >= 15 is 0 Å². The Morgan fingerprint density at radius 1 is 1.55 bits per heavy atom. The number of aryl methyl sites for hydroxylation is 1. The Balaban J connectivity index is 2.03. The number of rotatable bonds is 3. The van der Waals surface area contributed by atoms with Gasteiger partial charge in [0, 0.05) is 30.7 Å². The minimum absolute atomic E-state index is 0.0355. The average molecular weight is 297 g/mol. The van der Waals surface area contributed by atoms with E-state index in [0.29, 0.717) is 10.8 Å². The zero-order valence-electron chi connectivity index (χ0n) is 12.1. The minimum atomic E-state index is -0.490. The van der Waals surface area contributed by atoms with Gasteiger partial charge in [-0.15, -0.1) is 0 Å². The largest absolute Gasteiger partial charge is 0.481 e. The molecule has 0 aromatic heterocycles. The van der Waals surface area contributed by atoms with Gasteiger partial charge in [-0.05, 0) is 44.5 Å². The van der Waals surface area contributed by atoms with Gasteiger partial charge in [0.05, 0.1) is 0 Å². The second kappa shape index (κ2) is 6.46. The number of nitrogens with one attached hydrogen (secondary N) is 1. The quantitative estimate of drug-likeness (QED) is 0.930. The molecule has 1 aromatic rings. The Hall–Kier alpha value is -1.26. The highest BCUT2D eigenvalue weighted by Gasteiger charge is 2.28. The maximum absolute atomic E-state index is 12.4. The molecule has 1 N–H and O–H groups in total. The van der Waals surface area contributed by atoms with Crippen molar-refractivity contribution in [3.05, 3.63) is 28.8 Å². The molecule has 0 aliphatic carbocycles.